The van der Waals surface area contributed by atoms with Gasteiger partial charge in [-0.1, -0.05) is 53.2 Å². The summed E-state index contributed by atoms with van der Waals surface area (Å²) in [6.45, 7) is 14.1. The Morgan fingerprint density at radius 3 is 1.86 bits per heavy atom. The van der Waals surface area contributed by atoms with Crippen molar-refractivity contribution in [3.63, 3.8) is 0 Å². The van der Waals surface area contributed by atoms with E-state index in [1.165, 1.54) is 12.5 Å². The molecule has 10 N–H and O–H groups in total. The molecule has 27 unspecified atom stereocenters. The number of allylic oxidation sites excluding steroid dienone is 2. The molecule has 76 heavy (non-hydrogen) atoms. The van der Waals surface area contributed by atoms with Gasteiger partial charge in [0.05, 0.1) is 42.9 Å². The van der Waals surface area contributed by atoms with E-state index < -0.39 is 159 Å². The van der Waals surface area contributed by atoms with E-state index in [2.05, 4.69) is 40.7 Å². The molecule has 9 aliphatic rings. The first-order valence-electron chi connectivity index (χ1n) is 27.4. The number of carbonyl (C=O) groups excluding carboxylic acids is 3. The van der Waals surface area contributed by atoms with Gasteiger partial charge in [-0.05, 0) is 111 Å². The summed E-state index contributed by atoms with van der Waals surface area (Å²) in [6, 6.07) is 0. The molecule has 5 aliphatic carbocycles. The number of aldehydes is 1. The minimum Gasteiger partial charge on any atom is -0.457 e. The predicted molar refractivity (Wildman–Crippen MR) is 259 cm³/mol. The van der Waals surface area contributed by atoms with Crippen molar-refractivity contribution in [2.45, 2.75) is 236 Å². The lowest BCUT2D eigenvalue weighted by molar-refractivity contribution is -0.389. The summed E-state index contributed by atoms with van der Waals surface area (Å²) in [6.07, 6.45) is -21.3. The van der Waals surface area contributed by atoms with Gasteiger partial charge in [0.1, 0.15) is 73.4 Å². The number of hydrogen-bond acceptors (Lipinski definition) is 22. The van der Waals surface area contributed by atoms with Crippen LogP contribution >= 0.6 is 0 Å². The van der Waals surface area contributed by atoms with Crippen LogP contribution in [0.4, 0.5) is 0 Å². The Bertz CT molecular complexity index is 2160. The number of ether oxygens (including phenoxy) is 9. The summed E-state index contributed by atoms with van der Waals surface area (Å²) >= 11 is 0. The highest BCUT2D eigenvalue weighted by molar-refractivity contribution is 5.79. The molecule has 0 amide bonds. The number of fused-ring (bicyclic) bond motifs is 7. The fourth-order valence-electron chi connectivity index (χ4n) is 16.0. The minimum absolute atomic E-state index is 0.00669. The second-order valence-corrected chi connectivity index (χ2v) is 25.6. The van der Waals surface area contributed by atoms with Gasteiger partial charge >= 0.3 is 11.9 Å². The Labute approximate surface area is 443 Å². The second kappa shape index (κ2) is 21.2. The third kappa shape index (κ3) is 9.54. The van der Waals surface area contributed by atoms with Crippen molar-refractivity contribution in [1.82, 2.24) is 0 Å². The Balaban J connectivity index is 1.06. The Morgan fingerprint density at radius 2 is 1.25 bits per heavy atom. The Hall–Kier alpha value is -2.33. The van der Waals surface area contributed by atoms with Crippen LogP contribution in [0.25, 0.3) is 0 Å². The third-order valence-electron chi connectivity index (χ3n) is 20.8. The molecule has 4 aliphatic heterocycles. The number of hydrogen-bond donors (Lipinski definition) is 10. The molecule has 9 rings (SSSR count). The first-order chi connectivity index (χ1) is 35.6. The Morgan fingerprint density at radius 1 is 0.658 bits per heavy atom. The SMILES string of the molecule is CC(=O)OC1C(CO)OC(OC(=O)C23CCC(C)(C)CC2C2=CCC4C5(C)CCC(O)C(C)(C=O)C5CCC4(C)C2(C)CC3)C(OC2OC(C)C(OC3OCC(O)C(O)C3O)C(O)C2O)C1OC1OCC(O)C(O)C1O. The molecule has 4 saturated heterocycles. The Kier molecular flexibility index (Phi) is 16.3. The van der Waals surface area contributed by atoms with Crippen molar-refractivity contribution in [1.29, 1.82) is 0 Å². The molecule has 22 heteroatoms. The topological polar surface area (TPSA) is 337 Å². The molecule has 0 aromatic rings. The summed E-state index contributed by atoms with van der Waals surface area (Å²) in [5.41, 5.74) is -1.86. The van der Waals surface area contributed by atoms with E-state index in [1.807, 2.05) is 6.92 Å². The maximum atomic E-state index is 15.8. The first-order valence-corrected chi connectivity index (χ1v) is 27.4. The molecule has 0 spiro atoms. The molecule has 0 bridgehead atoms. The van der Waals surface area contributed by atoms with E-state index >= 15 is 4.79 Å². The fourth-order valence-corrected chi connectivity index (χ4v) is 16.0. The van der Waals surface area contributed by atoms with E-state index in [0.717, 1.165) is 38.9 Å². The van der Waals surface area contributed by atoms with Gasteiger partial charge < -0.3 is 98.5 Å². The monoisotopic (exact) mass is 1080 g/mol. The normalized spacial score (nSPS) is 53.1. The van der Waals surface area contributed by atoms with E-state index in [1.54, 1.807) is 0 Å². The van der Waals surface area contributed by atoms with Gasteiger partial charge in [-0.3, -0.25) is 9.59 Å². The van der Waals surface area contributed by atoms with E-state index in [0.29, 0.717) is 38.5 Å². The molecule has 0 radical (unpaired) electrons. The fraction of sp³-hybridized carbons (Fsp3) is 0.907. The first kappa shape index (κ1) is 58.3. The molecule has 8 fully saturated rings. The van der Waals surface area contributed by atoms with E-state index in [-0.39, 0.29) is 39.4 Å². The van der Waals surface area contributed by atoms with Crippen LogP contribution in [0.15, 0.2) is 11.6 Å². The zero-order valence-corrected chi connectivity index (χ0v) is 44.9. The quantitative estimate of drug-likeness (QED) is 0.0741. The smallest absolute Gasteiger partial charge is 0.315 e. The van der Waals surface area contributed by atoms with Crippen molar-refractivity contribution in [2.24, 2.45) is 50.2 Å². The molecule has 22 nitrogen and oxygen atoms in total. The van der Waals surface area contributed by atoms with Gasteiger partial charge in [-0.25, -0.2) is 0 Å². The number of rotatable bonds is 11. The van der Waals surface area contributed by atoms with Gasteiger partial charge in [0.15, 0.2) is 31.1 Å². The van der Waals surface area contributed by atoms with E-state index in [4.69, 9.17) is 42.6 Å². The zero-order chi connectivity index (χ0) is 55.4. The van der Waals surface area contributed by atoms with Crippen LogP contribution in [0.5, 0.6) is 0 Å². The van der Waals surface area contributed by atoms with Gasteiger partial charge in [0.25, 0.3) is 0 Å². The van der Waals surface area contributed by atoms with Crippen molar-refractivity contribution in [3.05, 3.63) is 11.6 Å². The van der Waals surface area contributed by atoms with Gasteiger partial charge in [-0.2, -0.15) is 0 Å². The number of aliphatic hydroxyl groups excluding tert-OH is 10. The van der Waals surface area contributed by atoms with Crippen molar-refractivity contribution in [3.8, 4) is 0 Å². The standard InChI is InChI=1S/C54H84O22/c1-24-40(73-44-37(64)34(61)28(58)21-68-44)36(63)39(66)46(70-24)75-43-42(74-45-38(65)35(62)29(59)22-69-45)41(71-25(2)57)30(20-55)72-47(43)76-48(67)54-17-15-49(3,4)19-27(54)26-9-10-32-50(5)13-12-33(60)51(6,23-56)31(50)11-14-53(32,8)52(26,7)16-18-54/h9,23-24,27-47,55,58-66H,10-22H2,1-8H3. The maximum absolute atomic E-state index is 15.8. The summed E-state index contributed by atoms with van der Waals surface area (Å²) in [5.74, 6) is -1.67. The summed E-state index contributed by atoms with van der Waals surface area (Å²) in [5, 5.41) is 109. The molecular formula is C54H84O22. The third-order valence-corrected chi connectivity index (χ3v) is 20.8. The van der Waals surface area contributed by atoms with Crippen molar-refractivity contribution in [2.75, 3.05) is 19.8 Å². The van der Waals surface area contributed by atoms with Crippen LogP contribution in [0.1, 0.15) is 120 Å². The van der Waals surface area contributed by atoms with Crippen molar-refractivity contribution >= 4 is 18.2 Å². The average Bonchev–Trinajstić information content (AvgIpc) is 3.55. The second-order valence-electron chi connectivity index (χ2n) is 25.6. The largest absolute Gasteiger partial charge is 0.457 e. The molecule has 4 heterocycles. The highest BCUT2D eigenvalue weighted by atomic mass is 16.8. The van der Waals surface area contributed by atoms with Crippen LogP contribution in [0, 0.1) is 50.2 Å². The van der Waals surface area contributed by atoms with Gasteiger partial charge in [0.2, 0.25) is 6.29 Å². The highest BCUT2D eigenvalue weighted by Crippen LogP contribution is 2.76. The van der Waals surface area contributed by atoms with Crippen LogP contribution in [-0.4, -0.2) is 206 Å². The lowest BCUT2D eigenvalue weighted by Gasteiger charge is -2.71. The summed E-state index contributed by atoms with van der Waals surface area (Å²) < 4.78 is 54.5. The number of esters is 2. The molecule has 27 atom stereocenters. The number of carbonyl (C=O) groups is 3. The van der Waals surface area contributed by atoms with Crippen LogP contribution in [-0.2, 0) is 57.0 Å². The molecule has 0 aromatic heterocycles. The molecular weight excluding hydrogens is 1000 g/mol. The van der Waals surface area contributed by atoms with Gasteiger partial charge in [-0.15, -0.1) is 0 Å². The molecule has 0 aromatic carbocycles. The highest BCUT2D eigenvalue weighted by Gasteiger charge is 2.70. The van der Waals surface area contributed by atoms with Gasteiger partial charge in [0, 0.05) is 6.92 Å². The van der Waals surface area contributed by atoms with Crippen molar-refractivity contribution < 1.29 is 108 Å². The number of aliphatic hydroxyl groups is 10. The average molecular weight is 1090 g/mol. The summed E-state index contributed by atoms with van der Waals surface area (Å²) in [4.78, 5) is 41.4. The predicted octanol–water partition coefficient (Wildman–Crippen LogP) is 0.0203. The molecule has 432 valence electrons. The van der Waals surface area contributed by atoms with Crippen LogP contribution < -0.4 is 0 Å². The zero-order valence-electron chi connectivity index (χ0n) is 44.9. The maximum Gasteiger partial charge on any atom is 0.315 e. The summed E-state index contributed by atoms with van der Waals surface area (Å²) in [7, 11) is 0. The molecule has 4 saturated carbocycles. The van der Waals surface area contributed by atoms with E-state index in [9.17, 15) is 60.7 Å². The lowest BCUT2D eigenvalue weighted by atomic mass is 9.33. The van der Waals surface area contributed by atoms with Crippen LogP contribution in [0.2, 0.25) is 0 Å². The lowest BCUT2D eigenvalue weighted by Crippen LogP contribution is -2.68. The van der Waals surface area contributed by atoms with Crippen LogP contribution in [0.3, 0.4) is 0 Å². The minimum atomic E-state index is -2.00.